The summed E-state index contributed by atoms with van der Waals surface area (Å²) < 4.78 is 0. The Bertz CT molecular complexity index is 1880. The zero-order valence-corrected chi connectivity index (χ0v) is 58.4. The number of hydrogen-bond donors (Lipinski definition) is 3. The zero-order chi connectivity index (χ0) is 48.4. The maximum Gasteiger partial charge on any atom is 0.309 e. The third kappa shape index (κ3) is 6.21. The maximum absolute atomic E-state index is 12.9. The van der Waals surface area contributed by atoms with Gasteiger partial charge in [0.2, 0.25) is 0 Å². The summed E-state index contributed by atoms with van der Waals surface area (Å²) in [5, 5.41) is 32.3. The molecule has 10 fully saturated rings. The Morgan fingerprint density at radius 2 is 0.824 bits per heavy atom. The molecule has 1 amide bonds. The van der Waals surface area contributed by atoms with Crippen LogP contribution in [-0.4, -0.2) is 39.4 Å². The summed E-state index contributed by atoms with van der Waals surface area (Å²) >= 11 is 0. The van der Waals surface area contributed by atoms with E-state index in [-0.39, 0.29) is 67.4 Å². The number of carbonyl (C=O) groups is 2. The number of carbonyl (C=O) groups excluding carboxylic acids is 1. The number of aliphatic hydroxyl groups excluding tert-OH is 2. The number of fused-ring (bicyclic) bond motifs is 14. The number of allylic oxidation sites excluding steroid dienone is 2. The van der Waals surface area contributed by atoms with E-state index in [1.54, 1.807) is 0 Å². The molecule has 10 aliphatic rings. The van der Waals surface area contributed by atoms with E-state index in [0.29, 0.717) is 53.3 Å². The van der Waals surface area contributed by atoms with Crippen LogP contribution in [0.15, 0.2) is 24.3 Å². The maximum atomic E-state index is 12.9. The van der Waals surface area contributed by atoms with Crippen LogP contribution in [-0.2, 0) is 9.59 Å². The summed E-state index contributed by atoms with van der Waals surface area (Å²) in [5.41, 5.74) is 11.3. The average Bonchev–Trinajstić information content (AvgIpc) is 3.84. The van der Waals surface area contributed by atoms with Crippen LogP contribution in [0.4, 0.5) is 0 Å². The van der Waals surface area contributed by atoms with E-state index < -0.39 is 16.8 Å². The van der Waals surface area contributed by atoms with Crippen molar-refractivity contribution in [2.75, 3.05) is 0 Å². The standard InChI is InChI=1S/C30H49NO2.C30H48O3.2Rf/c1-18(2)19-10-15-30(25(31)33)17-16-28(6)20(24(19)30)8-9-22-27(5)13-12-23(32)26(3,4)21(27)11-14-29(22,28)7;1-18(2)19-10-15-30(25(32)33)17-16-28(6)20(24(19)30)8-9-22-27(5)13-12-23(31)26(3,4)21(27)11-14-29(22,28)7;;/h19-24,32H,1,8-17H2,2-7H3,(H2,31,33);19-24,31H,1,8-17H2,2-7H3,(H,32,33);;/p-1/t2*19?,20?,21?,22?,23?,24?,27-,28?,29+,30?;;/m00../s1. The third-order valence-corrected chi connectivity index (χ3v) is 27.0. The van der Waals surface area contributed by atoms with E-state index in [0.717, 1.165) is 77.0 Å². The fourth-order valence-corrected chi connectivity index (χ4v) is 23.0. The topological polar surface area (TPSA) is 119 Å². The molecule has 16 unspecified atom stereocenters. The summed E-state index contributed by atoms with van der Waals surface area (Å²) in [5.74, 6) is 4.01. The molecule has 10 aliphatic carbocycles. The Morgan fingerprint density at radius 1 is 0.456 bits per heavy atom. The smallest absolute Gasteiger partial charge is 0.309 e. The van der Waals surface area contributed by atoms with E-state index in [9.17, 15) is 24.9 Å². The van der Waals surface area contributed by atoms with E-state index in [1.165, 1.54) is 62.5 Å². The van der Waals surface area contributed by atoms with Gasteiger partial charge in [0.15, 0.2) is 0 Å². The van der Waals surface area contributed by atoms with Crippen LogP contribution in [0.25, 0.3) is 5.73 Å². The van der Waals surface area contributed by atoms with E-state index >= 15 is 0 Å². The Labute approximate surface area is 402 Å². The molecule has 4 N–H and O–H groups in total. The minimum atomic E-state index is -0.538. The molecule has 6 nitrogen and oxygen atoms in total. The van der Waals surface area contributed by atoms with Crippen molar-refractivity contribution >= 4 is 11.9 Å². The first-order valence-electron chi connectivity index (χ1n) is 27.7. The van der Waals surface area contributed by atoms with Crippen molar-refractivity contribution < 1.29 is 24.9 Å². The van der Waals surface area contributed by atoms with Gasteiger partial charge < -0.3 is 25.8 Å². The molecule has 0 spiro atoms. The Morgan fingerprint density at radius 3 is 1.19 bits per heavy atom. The molecule has 0 radical (unpaired) electrons. The molecular formula is C60H96NO5Rf2-. The van der Waals surface area contributed by atoms with Crippen LogP contribution in [0, 0.1) is 113 Å². The molecule has 10 rings (SSSR count). The molecule has 8 heteroatoms. The predicted molar refractivity (Wildman–Crippen MR) is 267 cm³/mol. The number of nitrogens with one attached hydrogen (secondary N) is 1. The predicted octanol–water partition coefficient (Wildman–Crippen LogP) is 14.7. The molecule has 0 aromatic carbocycles. The monoisotopic (exact) mass is 1440 g/mol. The zero-order valence-electron chi connectivity index (χ0n) is 45.6. The fraction of sp³-hybridized carbons (Fsp3) is 0.900. The molecule has 0 bridgehead atoms. The Hall–Kier alpha value is -3.66. The molecule has 10 saturated carbocycles. The van der Waals surface area contributed by atoms with Crippen LogP contribution in [0.3, 0.4) is 0 Å². The second kappa shape index (κ2) is 15.9. The van der Waals surface area contributed by atoms with Gasteiger partial charge in [-0.1, -0.05) is 93.5 Å². The summed E-state index contributed by atoms with van der Waals surface area (Å²) in [6.45, 7) is 37.8. The molecule has 0 heterocycles. The van der Waals surface area contributed by atoms with Gasteiger partial charge >= 0.3 is 5.97 Å². The van der Waals surface area contributed by atoms with E-state index in [2.05, 4.69) is 96.2 Å². The normalized spacial score (nSPS) is 53.4. The summed E-state index contributed by atoms with van der Waals surface area (Å²) in [7, 11) is 0. The molecule has 20 atom stereocenters. The molecule has 0 aromatic heterocycles. The van der Waals surface area contributed by atoms with Gasteiger partial charge in [-0.05, 0) is 245 Å². The van der Waals surface area contributed by atoms with Gasteiger partial charge in [0.25, 0.3) is 0 Å². The molecule has 0 aromatic rings. The number of rotatable bonds is 4. The second-order valence-corrected chi connectivity index (χ2v) is 29.1. The molecule has 376 valence electrons. The van der Waals surface area contributed by atoms with Crippen LogP contribution in [0.1, 0.15) is 212 Å². The second-order valence-electron chi connectivity index (χ2n) is 29.1. The quantitative estimate of drug-likeness (QED) is 0.242. The van der Waals surface area contributed by atoms with Gasteiger partial charge in [0, 0.05) is 5.41 Å². The number of carboxylic acids is 1. The van der Waals surface area contributed by atoms with Gasteiger partial charge in [-0.25, -0.2) is 0 Å². The van der Waals surface area contributed by atoms with Crippen molar-refractivity contribution in [3.8, 4) is 0 Å². The van der Waals surface area contributed by atoms with Gasteiger partial charge in [-0.15, -0.1) is 0 Å². The molecule has 68 heavy (non-hydrogen) atoms. The molecule has 0 saturated heterocycles. The molecule has 0 aliphatic heterocycles. The minimum absolute atomic E-state index is 0. The van der Waals surface area contributed by atoms with Crippen molar-refractivity contribution in [2.45, 2.75) is 224 Å². The van der Waals surface area contributed by atoms with Crippen LogP contribution in [0.2, 0.25) is 0 Å². The summed E-state index contributed by atoms with van der Waals surface area (Å²) in [6.07, 6.45) is 21.2. The minimum Gasteiger partial charge on any atom is -0.667 e. The van der Waals surface area contributed by atoms with Gasteiger partial charge in [-0.2, -0.15) is 0 Å². The van der Waals surface area contributed by atoms with Crippen molar-refractivity contribution in [1.82, 2.24) is 0 Å². The van der Waals surface area contributed by atoms with Crippen molar-refractivity contribution in [3.05, 3.63) is 30.0 Å². The van der Waals surface area contributed by atoms with Gasteiger partial charge in [0.1, 0.15) is 0 Å². The average molecular weight is 1450 g/mol. The first-order valence-corrected chi connectivity index (χ1v) is 27.7. The number of amides is 1. The summed E-state index contributed by atoms with van der Waals surface area (Å²) in [4.78, 5) is 25.6. The van der Waals surface area contributed by atoms with Gasteiger partial charge in [0.05, 0.1) is 23.5 Å². The fourth-order valence-electron chi connectivity index (χ4n) is 23.0. The number of aliphatic hydroxyl groups is 2. The van der Waals surface area contributed by atoms with Crippen molar-refractivity contribution in [3.63, 3.8) is 0 Å². The number of hydrogen-bond acceptors (Lipinski definition) is 4. The first-order chi connectivity index (χ1) is 30.5. The van der Waals surface area contributed by atoms with E-state index in [4.69, 9.17) is 5.73 Å². The Balaban J connectivity index is 0.000000196. The Kier molecular flexibility index (Phi) is 12.2. The van der Waals surface area contributed by atoms with Crippen LogP contribution >= 0.6 is 0 Å². The number of carboxylic acid groups (broad SMARTS) is 1. The van der Waals surface area contributed by atoms with E-state index in [1.807, 2.05) is 0 Å². The van der Waals surface area contributed by atoms with Crippen LogP contribution in [0.5, 0.6) is 0 Å². The molecular weight excluding hydrogens is 1350 g/mol. The largest absolute Gasteiger partial charge is 0.667 e. The van der Waals surface area contributed by atoms with Gasteiger partial charge in [-0.3, -0.25) is 4.79 Å². The summed E-state index contributed by atoms with van der Waals surface area (Å²) in [6, 6.07) is 0. The van der Waals surface area contributed by atoms with Crippen LogP contribution < -0.4 is 0 Å². The SMILES string of the molecule is C=C(C)C1CCC2(C(=O)O)CCC3(C)C(CCC4[C@@]5(C)CCC(O)C(C)(C)C5CC[C@]43C)C12.C=C(C)C1CCC2(C([NH-])=O)CCC3(C)C(CCC4[C@@]5(C)CCC(O)C(C)(C)C5CC[C@]43C)C12.[Rf].[Rf]. The first kappa shape index (κ1) is 52.2. The number of aliphatic carboxylic acids is 1. The van der Waals surface area contributed by atoms with Crippen molar-refractivity contribution in [1.29, 1.82) is 0 Å². The van der Waals surface area contributed by atoms with Crippen molar-refractivity contribution in [2.24, 2.45) is 113 Å². The third-order valence-electron chi connectivity index (χ3n) is 27.0.